The number of carboxylic acids is 1. The van der Waals surface area contributed by atoms with Crippen molar-refractivity contribution in [1.29, 1.82) is 0 Å². The highest BCUT2D eigenvalue weighted by atomic mass is 32.2. The molecule has 4 heterocycles. The van der Waals surface area contributed by atoms with Crippen molar-refractivity contribution in [2.24, 2.45) is 12.5 Å². The molecule has 0 saturated heterocycles. The number of carbonyl (C=O) groups is 1. The molecular weight excluding hydrogens is 646 g/mol. The van der Waals surface area contributed by atoms with Crippen LogP contribution in [0, 0.1) is 11.2 Å². The van der Waals surface area contributed by atoms with Gasteiger partial charge >= 0.3 is 5.97 Å². The first-order valence-corrected chi connectivity index (χ1v) is 18.3. The standard InChI is InChI=1S/C37H42FN5O5S/c1-36(2)12-6-13-37(3,25-8-5-7-23(17-25)20-32(44)34(45)46)35-41-33(43(4)42-35)31-19-24(9-14-40-31)18-28-26(11-16-49(47,48)22-36)27-10-15-39-30(27)21-29(28)38/h5,7-10,14-15,17,19,21,32,39,44H,6,11-13,16,18,20,22H2,1-4H3,(H,45,46)/t32-,37+/m0/s1. The summed E-state index contributed by atoms with van der Waals surface area (Å²) in [5, 5.41) is 25.0. The van der Waals surface area contributed by atoms with Crippen molar-refractivity contribution in [2.75, 3.05) is 11.5 Å². The Morgan fingerprint density at radius 2 is 1.90 bits per heavy atom. The Kier molecular flexibility index (Phi) is 9.23. The molecule has 3 N–H and O–H groups in total. The summed E-state index contributed by atoms with van der Waals surface area (Å²) >= 11 is 0. The van der Waals surface area contributed by atoms with Crippen LogP contribution in [-0.2, 0) is 46.4 Å². The number of pyridine rings is 1. The van der Waals surface area contributed by atoms with Crippen LogP contribution in [0.3, 0.4) is 0 Å². The molecule has 0 amide bonds. The van der Waals surface area contributed by atoms with Crippen LogP contribution in [-0.4, -0.2) is 66.9 Å². The van der Waals surface area contributed by atoms with Gasteiger partial charge < -0.3 is 15.2 Å². The Morgan fingerprint density at radius 1 is 1.10 bits per heavy atom. The number of sulfone groups is 1. The third-order valence-corrected chi connectivity index (χ3v) is 11.8. The first kappa shape index (κ1) is 34.4. The Morgan fingerprint density at radius 3 is 2.67 bits per heavy atom. The lowest BCUT2D eigenvalue weighted by atomic mass is 9.75. The van der Waals surface area contributed by atoms with Crippen LogP contribution in [0.4, 0.5) is 4.39 Å². The summed E-state index contributed by atoms with van der Waals surface area (Å²) in [6.45, 7) is 5.95. The Bertz CT molecular complexity index is 2140. The second-order valence-electron chi connectivity index (χ2n) is 14.3. The maximum Gasteiger partial charge on any atom is 0.332 e. The average Bonchev–Trinajstić information content (AvgIpc) is 3.66. The Hall–Kier alpha value is -4.42. The molecule has 1 aliphatic rings. The monoisotopic (exact) mass is 687 g/mol. The number of hydrogen-bond acceptors (Lipinski definition) is 7. The molecule has 0 fully saturated rings. The van der Waals surface area contributed by atoms with E-state index in [2.05, 4.69) is 9.97 Å². The highest BCUT2D eigenvalue weighted by Gasteiger charge is 2.36. The molecule has 0 saturated carbocycles. The molecular formula is C37H42FN5O5S. The largest absolute Gasteiger partial charge is 0.479 e. The van der Waals surface area contributed by atoms with Crippen LogP contribution in [0.2, 0.25) is 0 Å². The fourth-order valence-electron chi connectivity index (χ4n) is 7.17. The second kappa shape index (κ2) is 13.1. The second-order valence-corrected chi connectivity index (χ2v) is 16.5. The van der Waals surface area contributed by atoms with Crippen molar-refractivity contribution in [3.63, 3.8) is 0 Å². The molecule has 2 aromatic carbocycles. The number of nitrogens with zero attached hydrogens (tertiary/aromatic N) is 4. The number of fused-ring (bicyclic) bond motifs is 8. The minimum absolute atomic E-state index is 0.0140. The predicted octanol–water partition coefficient (Wildman–Crippen LogP) is 5.55. The highest BCUT2D eigenvalue weighted by molar-refractivity contribution is 7.91. The third kappa shape index (κ3) is 7.30. The van der Waals surface area contributed by atoms with E-state index in [-0.39, 0.29) is 30.8 Å². The predicted molar refractivity (Wildman–Crippen MR) is 186 cm³/mol. The van der Waals surface area contributed by atoms with Gasteiger partial charge in [0.05, 0.1) is 16.9 Å². The van der Waals surface area contributed by atoms with Gasteiger partial charge in [0.2, 0.25) is 0 Å². The van der Waals surface area contributed by atoms with E-state index in [1.54, 1.807) is 30.2 Å². The lowest BCUT2D eigenvalue weighted by Gasteiger charge is -2.31. The van der Waals surface area contributed by atoms with Gasteiger partial charge in [-0.25, -0.2) is 27.3 Å². The number of aliphatic hydroxyl groups is 1. The first-order chi connectivity index (χ1) is 23.1. The van der Waals surface area contributed by atoms with Gasteiger partial charge in [-0.1, -0.05) is 44.5 Å². The van der Waals surface area contributed by atoms with E-state index in [4.69, 9.17) is 10.1 Å². The van der Waals surface area contributed by atoms with Crippen LogP contribution in [0.25, 0.3) is 22.4 Å². The van der Waals surface area contributed by atoms with Crippen molar-refractivity contribution in [1.82, 2.24) is 24.7 Å². The SMILES string of the molecule is Cn1nc2nc1-c1cc(ccn1)Cc1c(F)cc3[nH]ccc3c1CCS(=O)(=O)CC(C)(C)CCC[C@]2(C)c1cccc(C[C@H](O)C(=O)O)c1. The number of rotatable bonds is 4. The third-order valence-electron chi connectivity index (χ3n) is 9.80. The van der Waals surface area contributed by atoms with Crippen molar-refractivity contribution in [2.45, 2.75) is 70.8 Å². The van der Waals surface area contributed by atoms with Crippen molar-refractivity contribution in [3.05, 3.63) is 100 Å². The molecule has 3 aromatic heterocycles. The number of carboxylic acid groups (broad SMARTS) is 1. The number of benzene rings is 2. The van der Waals surface area contributed by atoms with E-state index in [0.717, 1.165) is 16.5 Å². The zero-order valence-electron chi connectivity index (χ0n) is 28.2. The summed E-state index contributed by atoms with van der Waals surface area (Å²) in [7, 11) is -1.72. The first-order valence-electron chi connectivity index (χ1n) is 16.5. The molecule has 0 unspecified atom stereocenters. The minimum Gasteiger partial charge on any atom is -0.479 e. The van der Waals surface area contributed by atoms with Crippen molar-refractivity contribution < 1.29 is 27.8 Å². The van der Waals surface area contributed by atoms with Crippen molar-refractivity contribution in [3.8, 4) is 11.5 Å². The number of H-pyrrole nitrogens is 1. The number of nitrogens with one attached hydrogen (secondary N) is 1. The van der Waals surface area contributed by atoms with Crippen LogP contribution in [0.5, 0.6) is 0 Å². The topological polar surface area (TPSA) is 151 Å². The number of aliphatic carboxylic acids is 1. The van der Waals surface area contributed by atoms with E-state index < -0.39 is 38.6 Å². The fraction of sp³-hybridized carbons (Fsp3) is 0.405. The summed E-state index contributed by atoms with van der Waals surface area (Å²) in [6.07, 6.45) is 4.08. The minimum atomic E-state index is -3.52. The summed E-state index contributed by atoms with van der Waals surface area (Å²) in [5.41, 5.74) is 3.35. The van der Waals surface area contributed by atoms with Crippen LogP contribution < -0.4 is 0 Å². The van der Waals surface area contributed by atoms with Gasteiger partial charge in [0.15, 0.2) is 27.6 Å². The summed E-state index contributed by atoms with van der Waals surface area (Å²) < 4.78 is 44.7. The molecule has 6 rings (SSSR count). The molecule has 10 nitrogen and oxygen atoms in total. The summed E-state index contributed by atoms with van der Waals surface area (Å²) in [5.74, 6) is -0.731. The maximum atomic E-state index is 15.8. The zero-order chi connectivity index (χ0) is 35.1. The van der Waals surface area contributed by atoms with Crippen molar-refractivity contribution >= 4 is 26.7 Å². The molecule has 5 aromatic rings. The van der Waals surface area contributed by atoms with Gasteiger partial charge in [0.25, 0.3) is 0 Å². The van der Waals surface area contributed by atoms with Gasteiger partial charge in [-0.2, -0.15) is 5.10 Å². The molecule has 49 heavy (non-hydrogen) atoms. The number of aliphatic hydroxyl groups excluding tert-OH is 1. The quantitative estimate of drug-likeness (QED) is 0.223. The molecule has 0 radical (unpaired) electrons. The molecule has 0 spiro atoms. The molecule has 12 heteroatoms. The fourth-order valence-corrected chi connectivity index (χ4v) is 9.16. The van der Waals surface area contributed by atoms with Crippen LogP contribution in [0.1, 0.15) is 73.7 Å². The summed E-state index contributed by atoms with van der Waals surface area (Å²) in [4.78, 5) is 24.1. The number of hydrogen-bond donors (Lipinski definition) is 3. The number of aromatic nitrogens is 5. The van der Waals surface area contributed by atoms with E-state index in [9.17, 15) is 23.4 Å². The number of halogens is 1. The van der Waals surface area contributed by atoms with E-state index in [0.29, 0.717) is 58.8 Å². The molecule has 1 aliphatic heterocycles. The van der Waals surface area contributed by atoms with Gasteiger partial charge in [-0.05, 0) is 83.7 Å². The molecule has 4 bridgehead atoms. The number of aromatic amines is 1. The normalized spacial score (nSPS) is 20.2. The Labute approximate surface area is 285 Å². The van der Waals surface area contributed by atoms with E-state index >= 15 is 4.39 Å². The van der Waals surface area contributed by atoms with E-state index in [1.807, 2.05) is 57.2 Å². The van der Waals surface area contributed by atoms with Gasteiger partial charge in [0.1, 0.15) is 11.5 Å². The lowest BCUT2D eigenvalue weighted by Crippen LogP contribution is -2.29. The molecule has 0 aliphatic carbocycles. The average molecular weight is 688 g/mol. The van der Waals surface area contributed by atoms with Gasteiger partial charge in [-0.3, -0.25) is 4.98 Å². The smallest absolute Gasteiger partial charge is 0.332 e. The highest BCUT2D eigenvalue weighted by Crippen LogP contribution is 2.39. The Balaban J connectivity index is 1.47. The zero-order valence-corrected chi connectivity index (χ0v) is 29.0. The van der Waals surface area contributed by atoms with Gasteiger partial charge in [-0.15, -0.1) is 0 Å². The lowest BCUT2D eigenvalue weighted by molar-refractivity contribution is -0.146. The van der Waals surface area contributed by atoms with E-state index in [1.165, 1.54) is 6.07 Å². The molecule has 258 valence electrons. The van der Waals surface area contributed by atoms with Crippen LogP contribution in [0.15, 0.2) is 60.9 Å². The van der Waals surface area contributed by atoms with Gasteiger partial charge in [0, 0.05) is 43.2 Å². The molecule has 2 atom stereocenters. The maximum absolute atomic E-state index is 15.8. The number of aryl methyl sites for hydroxylation is 2. The summed E-state index contributed by atoms with van der Waals surface area (Å²) in [6, 6.07) is 14.5. The van der Waals surface area contributed by atoms with Crippen LogP contribution >= 0.6 is 0 Å².